The van der Waals surface area contributed by atoms with Crippen LogP contribution in [-0.2, 0) is 9.84 Å². The van der Waals surface area contributed by atoms with Gasteiger partial charge < -0.3 is 5.32 Å². The van der Waals surface area contributed by atoms with Gasteiger partial charge in [-0.3, -0.25) is 4.79 Å². The Bertz CT molecular complexity index is 1050. The fourth-order valence-corrected chi connectivity index (χ4v) is 3.48. The number of halogens is 1. The monoisotopic (exact) mass is 374 g/mol. The van der Waals surface area contributed by atoms with E-state index >= 15 is 0 Å². The largest absolute Gasteiger partial charge is 0.322 e. The van der Waals surface area contributed by atoms with Crippen LogP contribution in [0.1, 0.15) is 17.3 Å². The SMILES string of the molecule is CCS(=O)(=O)c1ccccc1C(=O)Nc1ccc(-n2cncn2)c(F)c1. The molecule has 0 spiro atoms. The van der Waals surface area contributed by atoms with Crippen LogP contribution < -0.4 is 5.32 Å². The van der Waals surface area contributed by atoms with Crippen LogP contribution in [-0.4, -0.2) is 34.8 Å². The Kier molecular flexibility index (Phi) is 4.81. The standard InChI is InChI=1S/C17H15FN4O3S/c1-2-26(24,25)16-6-4-3-5-13(16)17(23)21-12-7-8-15(14(18)9-12)22-11-19-10-20-22/h3-11H,2H2,1H3,(H,21,23). The summed E-state index contributed by atoms with van der Waals surface area (Å²) in [6.45, 7) is 1.50. The molecule has 1 N–H and O–H groups in total. The third-order valence-electron chi connectivity index (χ3n) is 3.72. The maximum atomic E-state index is 14.3. The molecule has 9 heteroatoms. The van der Waals surface area contributed by atoms with Crippen molar-refractivity contribution in [1.29, 1.82) is 0 Å². The molecule has 0 fully saturated rings. The number of hydrogen-bond donors (Lipinski definition) is 1. The average Bonchev–Trinajstić information content (AvgIpc) is 3.16. The molecule has 0 unspecified atom stereocenters. The second-order valence-electron chi connectivity index (χ2n) is 5.36. The van der Waals surface area contributed by atoms with Crippen molar-refractivity contribution in [3.63, 3.8) is 0 Å². The lowest BCUT2D eigenvalue weighted by atomic mass is 10.2. The van der Waals surface area contributed by atoms with Gasteiger partial charge in [-0.25, -0.2) is 22.5 Å². The van der Waals surface area contributed by atoms with Crippen molar-refractivity contribution in [1.82, 2.24) is 14.8 Å². The van der Waals surface area contributed by atoms with Gasteiger partial charge in [0, 0.05) is 5.69 Å². The zero-order chi connectivity index (χ0) is 18.7. The summed E-state index contributed by atoms with van der Waals surface area (Å²) in [5, 5.41) is 6.36. The van der Waals surface area contributed by atoms with Gasteiger partial charge in [0.2, 0.25) is 0 Å². The van der Waals surface area contributed by atoms with Crippen LogP contribution in [0, 0.1) is 5.82 Å². The first-order valence-electron chi connectivity index (χ1n) is 7.70. The second-order valence-corrected chi connectivity index (χ2v) is 7.61. The van der Waals surface area contributed by atoms with Gasteiger partial charge in [0.15, 0.2) is 15.7 Å². The van der Waals surface area contributed by atoms with Gasteiger partial charge in [-0.05, 0) is 30.3 Å². The normalized spacial score (nSPS) is 11.3. The topological polar surface area (TPSA) is 94.0 Å². The maximum Gasteiger partial charge on any atom is 0.256 e. The number of benzene rings is 2. The number of anilines is 1. The molecule has 7 nitrogen and oxygen atoms in total. The Hall–Kier alpha value is -3.07. The second kappa shape index (κ2) is 7.04. The number of aromatic nitrogens is 3. The van der Waals surface area contributed by atoms with E-state index in [1.165, 1.54) is 48.5 Å². The molecule has 3 aromatic rings. The quantitative estimate of drug-likeness (QED) is 0.740. The van der Waals surface area contributed by atoms with Gasteiger partial charge in [-0.2, -0.15) is 5.10 Å². The Labute approximate surface area is 149 Å². The first kappa shape index (κ1) is 17.7. The molecule has 0 aliphatic rings. The molecular weight excluding hydrogens is 359 g/mol. The number of rotatable bonds is 5. The minimum atomic E-state index is -3.56. The van der Waals surface area contributed by atoms with Crippen molar-refractivity contribution >= 4 is 21.4 Å². The first-order chi connectivity index (χ1) is 12.4. The molecule has 0 aliphatic heterocycles. The molecule has 0 saturated carbocycles. The molecule has 0 atom stereocenters. The number of carbonyl (C=O) groups excluding carboxylic acids is 1. The van der Waals surface area contributed by atoms with Crippen LogP contribution in [0.5, 0.6) is 0 Å². The van der Waals surface area contributed by atoms with Crippen molar-refractivity contribution in [2.45, 2.75) is 11.8 Å². The predicted octanol–water partition coefficient (Wildman–Crippen LogP) is 2.45. The minimum absolute atomic E-state index is 0.00936. The summed E-state index contributed by atoms with van der Waals surface area (Å²) in [5.41, 5.74) is 0.379. The number of amides is 1. The zero-order valence-electron chi connectivity index (χ0n) is 13.8. The molecular formula is C17H15FN4O3S. The summed E-state index contributed by atoms with van der Waals surface area (Å²) >= 11 is 0. The summed E-state index contributed by atoms with van der Waals surface area (Å²) < 4.78 is 39.8. The van der Waals surface area contributed by atoms with Crippen molar-refractivity contribution in [3.8, 4) is 5.69 Å². The van der Waals surface area contributed by atoms with Crippen LogP contribution in [0.3, 0.4) is 0 Å². The van der Waals surface area contributed by atoms with Crippen LogP contribution in [0.25, 0.3) is 5.69 Å². The van der Waals surface area contributed by atoms with E-state index < -0.39 is 21.6 Å². The smallest absolute Gasteiger partial charge is 0.256 e. The third kappa shape index (κ3) is 3.47. The highest BCUT2D eigenvalue weighted by Crippen LogP contribution is 2.21. The fraction of sp³-hybridized carbons (Fsp3) is 0.118. The van der Waals surface area contributed by atoms with Gasteiger partial charge >= 0.3 is 0 Å². The Morgan fingerprint density at radius 1 is 1.23 bits per heavy atom. The summed E-state index contributed by atoms with van der Waals surface area (Å²) in [6, 6.07) is 9.97. The van der Waals surface area contributed by atoms with Crippen molar-refractivity contribution < 1.29 is 17.6 Å². The summed E-state index contributed by atoms with van der Waals surface area (Å²) in [5.74, 6) is -1.37. The number of sulfone groups is 1. The summed E-state index contributed by atoms with van der Waals surface area (Å²) in [6.07, 6.45) is 2.63. The summed E-state index contributed by atoms with van der Waals surface area (Å²) in [7, 11) is -3.56. The molecule has 3 rings (SSSR count). The molecule has 0 bridgehead atoms. The number of nitrogens with zero attached hydrogens (tertiary/aromatic N) is 3. The van der Waals surface area contributed by atoms with E-state index in [0.717, 1.165) is 6.07 Å². The third-order valence-corrected chi connectivity index (χ3v) is 5.50. The average molecular weight is 374 g/mol. The maximum absolute atomic E-state index is 14.3. The van der Waals surface area contributed by atoms with Gasteiger partial charge in [-0.15, -0.1) is 0 Å². The van der Waals surface area contributed by atoms with E-state index in [-0.39, 0.29) is 27.6 Å². The Morgan fingerprint density at radius 2 is 2.00 bits per heavy atom. The highest BCUT2D eigenvalue weighted by Gasteiger charge is 2.20. The molecule has 0 aliphatic carbocycles. The van der Waals surface area contributed by atoms with Gasteiger partial charge in [0.1, 0.15) is 18.3 Å². The molecule has 1 aromatic heterocycles. The van der Waals surface area contributed by atoms with E-state index in [0.29, 0.717) is 0 Å². The summed E-state index contributed by atoms with van der Waals surface area (Å²) in [4.78, 5) is 16.2. The van der Waals surface area contributed by atoms with Crippen LogP contribution in [0.15, 0.2) is 60.0 Å². The molecule has 1 amide bonds. The van der Waals surface area contributed by atoms with E-state index in [9.17, 15) is 17.6 Å². The van der Waals surface area contributed by atoms with Gasteiger partial charge in [0.25, 0.3) is 5.91 Å². The van der Waals surface area contributed by atoms with Crippen LogP contribution in [0.4, 0.5) is 10.1 Å². The number of hydrogen-bond acceptors (Lipinski definition) is 5. The highest BCUT2D eigenvalue weighted by atomic mass is 32.2. The lowest BCUT2D eigenvalue weighted by Crippen LogP contribution is -2.17. The van der Waals surface area contributed by atoms with Gasteiger partial charge in [-0.1, -0.05) is 19.1 Å². The molecule has 0 radical (unpaired) electrons. The van der Waals surface area contributed by atoms with Crippen molar-refractivity contribution in [3.05, 3.63) is 66.5 Å². The lowest BCUT2D eigenvalue weighted by molar-refractivity contribution is 0.102. The predicted molar refractivity (Wildman–Crippen MR) is 93.4 cm³/mol. The fourth-order valence-electron chi connectivity index (χ4n) is 2.38. The molecule has 26 heavy (non-hydrogen) atoms. The van der Waals surface area contributed by atoms with E-state index in [1.807, 2.05) is 0 Å². The lowest BCUT2D eigenvalue weighted by Gasteiger charge is -2.11. The van der Waals surface area contributed by atoms with Crippen molar-refractivity contribution in [2.24, 2.45) is 0 Å². The van der Waals surface area contributed by atoms with E-state index in [4.69, 9.17) is 0 Å². The van der Waals surface area contributed by atoms with Crippen molar-refractivity contribution in [2.75, 3.05) is 11.1 Å². The Morgan fingerprint density at radius 3 is 2.65 bits per heavy atom. The highest BCUT2D eigenvalue weighted by molar-refractivity contribution is 7.91. The molecule has 2 aromatic carbocycles. The molecule has 134 valence electrons. The van der Waals surface area contributed by atoms with E-state index in [1.54, 1.807) is 12.1 Å². The van der Waals surface area contributed by atoms with Crippen LogP contribution >= 0.6 is 0 Å². The minimum Gasteiger partial charge on any atom is -0.322 e. The number of nitrogens with one attached hydrogen (secondary N) is 1. The van der Waals surface area contributed by atoms with Crippen LogP contribution in [0.2, 0.25) is 0 Å². The van der Waals surface area contributed by atoms with Gasteiger partial charge in [0.05, 0.1) is 16.2 Å². The number of carbonyl (C=O) groups is 1. The molecule has 1 heterocycles. The zero-order valence-corrected chi connectivity index (χ0v) is 14.6. The Balaban J connectivity index is 1.89. The molecule has 0 saturated heterocycles. The van der Waals surface area contributed by atoms with E-state index in [2.05, 4.69) is 15.4 Å². The first-order valence-corrected chi connectivity index (χ1v) is 9.35.